The molecule has 1 aromatic heterocycles. The van der Waals surface area contributed by atoms with E-state index in [0.29, 0.717) is 18.5 Å². The number of hydrogen-bond acceptors (Lipinski definition) is 2. The molecule has 0 saturated heterocycles. The van der Waals surface area contributed by atoms with Crippen molar-refractivity contribution in [3.63, 3.8) is 0 Å². The second kappa shape index (κ2) is 5.56. The Bertz CT molecular complexity index is 464. The summed E-state index contributed by atoms with van der Waals surface area (Å²) in [7, 11) is 1.74. The second-order valence-electron chi connectivity index (χ2n) is 4.20. The van der Waals surface area contributed by atoms with Crippen LogP contribution in [0, 0.1) is 0 Å². The Morgan fingerprint density at radius 2 is 2.00 bits per heavy atom. The summed E-state index contributed by atoms with van der Waals surface area (Å²) in [5.41, 5.74) is -0.775. The number of rotatable bonds is 5. The van der Waals surface area contributed by atoms with E-state index in [9.17, 15) is 14.7 Å². The fraction of sp³-hybridized carbons (Fsp3) is 0.500. The van der Waals surface area contributed by atoms with E-state index in [1.54, 1.807) is 37.7 Å². The summed E-state index contributed by atoms with van der Waals surface area (Å²) < 4.78 is 2.43. The molecule has 0 unspecified atom stereocenters. The van der Waals surface area contributed by atoms with E-state index >= 15 is 0 Å². The Morgan fingerprint density at radius 1 is 1.44 bits per heavy atom. The number of carbonyl (C=O) groups excluding carboxylic acids is 1. The molecule has 0 aliphatic carbocycles. The van der Waals surface area contributed by atoms with Gasteiger partial charge < -0.3 is 15.0 Å². The number of aryl methyl sites for hydroxylation is 1. The lowest BCUT2D eigenvalue weighted by atomic mass is 9.93. The minimum atomic E-state index is -1.20. The summed E-state index contributed by atoms with van der Waals surface area (Å²) in [6.45, 7) is 3.50. The molecule has 2 N–H and O–H groups in total. The van der Waals surface area contributed by atoms with Gasteiger partial charge in [0.1, 0.15) is 11.2 Å². The van der Waals surface area contributed by atoms with Crippen LogP contribution in [0.3, 0.4) is 0 Å². The maximum Gasteiger partial charge on any atom is 0.329 e. The second-order valence-corrected chi connectivity index (χ2v) is 5.12. The van der Waals surface area contributed by atoms with E-state index in [0.717, 1.165) is 4.47 Å². The number of carboxylic acid groups (broad SMARTS) is 1. The molecule has 1 amide bonds. The molecule has 0 aliphatic rings. The highest BCUT2D eigenvalue weighted by Crippen LogP contribution is 2.18. The minimum absolute atomic E-state index is 0.343. The van der Waals surface area contributed by atoms with Crippen LogP contribution < -0.4 is 5.32 Å². The first-order chi connectivity index (χ1) is 8.36. The van der Waals surface area contributed by atoms with Crippen molar-refractivity contribution in [1.82, 2.24) is 9.88 Å². The van der Waals surface area contributed by atoms with Crippen molar-refractivity contribution in [2.45, 2.75) is 32.2 Å². The molecule has 18 heavy (non-hydrogen) atoms. The SMILES string of the molecule is CCC(CC)(NC(=O)c1cc(Br)cn1C)C(=O)O. The number of aromatic nitrogens is 1. The first-order valence-electron chi connectivity index (χ1n) is 5.74. The summed E-state index contributed by atoms with van der Waals surface area (Å²) in [5.74, 6) is -1.39. The van der Waals surface area contributed by atoms with E-state index in [2.05, 4.69) is 21.2 Å². The van der Waals surface area contributed by atoms with E-state index in [-0.39, 0.29) is 5.91 Å². The molecule has 1 heterocycles. The monoisotopic (exact) mass is 316 g/mol. The van der Waals surface area contributed by atoms with Crippen LogP contribution in [0.2, 0.25) is 0 Å². The normalized spacial score (nSPS) is 11.3. The highest BCUT2D eigenvalue weighted by atomic mass is 79.9. The largest absolute Gasteiger partial charge is 0.480 e. The molecule has 0 fully saturated rings. The zero-order valence-corrected chi connectivity index (χ0v) is 12.2. The Balaban J connectivity index is 2.99. The van der Waals surface area contributed by atoms with Gasteiger partial charge in [0.05, 0.1) is 0 Å². The zero-order valence-electron chi connectivity index (χ0n) is 10.7. The van der Waals surface area contributed by atoms with Crippen LogP contribution in [0.25, 0.3) is 0 Å². The molecule has 0 aromatic carbocycles. The predicted molar refractivity (Wildman–Crippen MR) is 71.5 cm³/mol. The van der Waals surface area contributed by atoms with Crippen LogP contribution in [-0.4, -0.2) is 27.1 Å². The molecule has 0 saturated carbocycles. The minimum Gasteiger partial charge on any atom is -0.480 e. The third-order valence-corrected chi connectivity index (χ3v) is 3.61. The molecule has 0 atom stereocenters. The van der Waals surface area contributed by atoms with Crippen molar-refractivity contribution in [2.75, 3.05) is 0 Å². The van der Waals surface area contributed by atoms with Gasteiger partial charge in [-0.15, -0.1) is 0 Å². The predicted octanol–water partition coefficient (Wildman–Crippen LogP) is 2.16. The average molecular weight is 317 g/mol. The van der Waals surface area contributed by atoms with Gasteiger partial charge in [0.25, 0.3) is 5.91 Å². The fourth-order valence-corrected chi connectivity index (χ4v) is 2.34. The van der Waals surface area contributed by atoms with Crippen LogP contribution >= 0.6 is 15.9 Å². The number of aliphatic carboxylic acids is 1. The van der Waals surface area contributed by atoms with E-state index < -0.39 is 11.5 Å². The molecule has 0 aliphatic heterocycles. The molecule has 0 spiro atoms. The van der Waals surface area contributed by atoms with Crippen LogP contribution in [0.4, 0.5) is 0 Å². The van der Waals surface area contributed by atoms with Gasteiger partial charge >= 0.3 is 5.97 Å². The number of nitrogens with one attached hydrogen (secondary N) is 1. The van der Waals surface area contributed by atoms with Crippen molar-refractivity contribution in [3.05, 3.63) is 22.4 Å². The topological polar surface area (TPSA) is 71.3 Å². The Kier molecular flexibility index (Phi) is 4.56. The van der Waals surface area contributed by atoms with Gasteiger partial charge in [0, 0.05) is 17.7 Å². The van der Waals surface area contributed by atoms with Crippen molar-refractivity contribution >= 4 is 27.8 Å². The molecular weight excluding hydrogens is 300 g/mol. The molecule has 6 heteroatoms. The summed E-state index contributed by atoms with van der Waals surface area (Å²) in [6.07, 6.45) is 2.43. The van der Waals surface area contributed by atoms with Crippen LogP contribution in [0.1, 0.15) is 37.2 Å². The van der Waals surface area contributed by atoms with Crippen molar-refractivity contribution in [3.8, 4) is 0 Å². The zero-order chi connectivity index (χ0) is 13.9. The van der Waals surface area contributed by atoms with Gasteiger partial charge in [0.15, 0.2) is 0 Å². The Hall–Kier alpha value is -1.30. The van der Waals surface area contributed by atoms with E-state index in [4.69, 9.17) is 0 Å². The van der Waals surface area contributed by atoms with Crippen molar-refractivity contribution in [2.24, 2.45) is 7.05 Å². The average Bonchev–Trinajstić information content (AvgIpc) is 2.65. The van der Waals surface area contributed by atoms with Crippen LogP contribution in [0.5, 0.6) is 0 Å². The number of carbonyl (C=O) groups is 2. The van der Waals surface area contributed by atoms with E-state index in [1.165, 1.54) is 0 Å². The maximum atomic E-state index is 12.1. The van der Waals surface area contributed by atoms with Gasteiger partial charge in [-0.2, -0.15) is 0 Å². The number of nitrogens with zero attached hydrogens (tertiary/aromatic N) is 1. The lowest BCUT2D eigenvalue weighted by Gasteiger charge is -2.28. The van der Waals surface area contributed by atoms with E-state index in [1.807, 2.05) is 0 Å². The number of halogens is 1. The third-order valence-electron chi connectivity index (χ3n) is 3.17. The molecule has 0 radical (unpaired) electrons. The van der Waals surface area contributed by atoms with Gasteiger partial charge in [-0.05, 0) is 34.8 Å². The highest BCUT2D eigenvalue weighted by Gasteiger charge is 2.37. The maximum absolute atomic E-state index is 12.1. The van der Waals surface area contributed by atoms with Crippen LogP contribution in [0.15, 0.2) is 16.7 Å². The van der Waals surface area contributed by atoms with Gasteiger partial charge in [-0.1, -0.05) is 13.8 Å². The molecule has 5 nitrogen and oxygen atoms in total. The Morgan fingerprint density at radius 3 is 2.33 bits per heavy atom. The molecule has 1 aromatic rings. The van der Waals surface area contributed by atoms with Gasteiger partial charge in [-0.25, -0.2) is 4.79 Å². The number of hydrogen-bond donors (Lipinski definition) is 2. The van der Waals surface area contributed by atoms with Crippen molar-refractivity contribution in [1.29, 1.82) is 0 Å². The Labute approximate surface area is 114 Å². The molecule has 1 rings (SSSR count). The lowest BCUT2D eigenvalue weighted by Crippen LogP contribution is -2.54. The summed E-state index contributed by atoms with van der Waals surface area (Å²) in [4.78, 5) is 23.4. The van der Waals surface area contributed by atoms with Gasteiger partial charge in [-0.3, -0.25) is 4.79 Å². The number of carboxylic acids is 1. The molecule has 0 bridgehead atoms. The van der Waals surface area contributed by atoms with Crippen molar-refractivity contribution < 1.29 is 14.7 Å². The van der Waals surface area contributed by atoms with Gasteiger partial charge in [0.2, 0.25) is 0 Å². The third kappa shape index (κ3) is 2.75. The molecule has 100 valence electrons. The van der Waals surface area contributed by atoms with Crippen LogP contribution in [-0.2, 0) is 11.8 Å². The summed E-state index contributed by atoms with van der Waals surface area (Å²) >= 11 is 3.28. The quantitative estimate of drug-likeness (QED) is 0.874. The highest BCUT2D eigenvalue weighted by molar-refractivity contribution is 9.10. The lowest BCUT2D eigenvalue weighted by molar-refractivity contribution is -0.144. The molecular formula is C12H17BrN2O3. The summed E-state index contributed by atoms with van der Waals surface area (Å²) in [5, 5.41) is 11.9. The smallest absolute Gasteiger partial charge is 0.329 e. The summed E-state index contributed by atoms with van der Waals surface area (Å²) in [6, 6.07) is 1.66. The first-order valence-corrected chi connectivity index (χ1v) is 6.53. The standard InChI is InChI=1S/C12H17BrN2O3/c1-4-12(5-2,11(17)18)14-10(16)9-6-8(13)7-15(9)3/h6-7H,4-5H2,1-3H3,(H,14,16)(H,17,18). The number of amides is 1. The first kappa shape index (κ1) is 14.8. The fourth-order valence-electron chi connectivity index (χ4n) is 1.81.